The fraction of sp³-hybridized carbons (Fsp3) is 0.200. The van der Waals surface area contributed by atoms with Gasteiger partial charge in [-0.05, 0) is 24.0 Å². The largest absolute Gasteiger partial charge is 0.207 e. The number of rotatable bonds is 4. The summed E-state index contributed by atoms with van der Waals surface area (Å²) in [5, 5.41) is 8.09. The summed E-state index contributed by atoms with van der Waals surface area (Å²) in [6, 6.07) is 4.72. The molecular weight excluding hydrogens is 343 g/mol. The highest BCUT2D eigenvalue weighted by atomic mass is 79.9. The second-order valence-electron chi connectivity index (χ2n) is 3.06. The summed E-state index contributed by atoms with van der Waals surface area (Å²) in [5.41, 5.74) is 1.05. The van der Waals surface area contributed by atoms with Crippen molar-refractivity contribution < 1.29 is 4.39 Å². The second-order valence-corrected chi connectivity index (χ2v) is 7.17. The van der Waals surface area contributed by atoms with Crippen LogP contribution in [0.4, 0.5) is 4.39 Å². The predicted octanol–water partition coefficient (Wildman–Crippen LogP) is 4.45. The fourth-order valence-corrected chi connectivity index (χ4v) is 4.23. The third kappa shape index (κ3) is 3.67. The van der Waals surface area contributed by atoms with Crippen LogP contribution in [0.25, 0.3) is 0 Å². The number of hydrogen-bond donors (Lipinski definition) is 0. The first-order valence-electron chi connectivity index (χ1n) is 4.63. The molecule has 0 atom stereocenters. The van der Waals surface area contributed by atoms with Gasteiger partial charge >= 0.3 is 0 Å². The molecule has 1 heterocycles. The minimum absolute atomic E-state index is 0.230. The van der Waals surface area contributed by atoms with Gasteiger partial charge in [0.15, 0.2) is 8.68 Å². The van der Waals surface area contributed by atoms with Gasteiger partial charge in [-0.3, -0.25) is 0 Å². The van der Waals surface area contributed by atoms with Crippen LogP contribution in [0, 0.1) is 5.82 Å². The second kappa shape index (κ2) is 6.17. The number of thioether (sulfide) groups is 2. The summed E-state index contributed by atoms with van der Waals surface area (Å²) in [6.07, 6.45) is 1.98. The smallest absolute Gasteiger partial charge is 0.175 e. The first kappa shape index (κ1) is 13.3. The maximum absolute atomic E-state index is 12.9. The van der Waals surface area contributed by atoms with Crippen LogP contribution >= 0.6 is 50.8 Å². The molecule has 0 bridgehead atoms. The van der Waals surface area contributed by atoms with Gasteiger partial charge in [-0.25, -0.2) is 4.39 Å². The van der Waals surface area contributed by atoms with Gasteiger partial charge in [0.05, 0.1) is 0 Å². The Labute approximate surface area is 120 Å². The molecule has 0 spiro atoms. The third-order valence-corrected chi connectivity index (χ3v) is 5.75. The zero-order valence-electron chi connectivity index (χ0n) is 8.81. The Morgan fingerprint density at radius 1 is 1.35 bits per heavy atom. The van der Waals surface area contributed by atoms with Gasteiger partial charge in [-0.1, -0.05) is 56.9 Å². The number of aromatic nitrogens is 2. The molecule has 0 saturated heterocycles. The monoisotopic (exact) mass is 350 g/mol. The predicted molar refractivity (Wildman–Crippen MR) is 75.4 cm³/mol. The lowest BCUT2D eigenvalue weighted by atomic mass is 10.2. The van der Waals surface area contributed by atoms with E-state index in [4.69, 9.17) is 0 Å². The Hall–Kier alpha value is -0.110. The molecule has 2 nitrogen and oxygen atoms in total. The van der Waals surface area contributed by atoms with Gasteiger partial charge in [0, 0.05) is 10.2 Å². The lowest BCUT2D eigenvalue weighted by Crippen LogP contribution is -1.84. The molecule has 0 unspecified atom stereocenters. The van der Waals surface area contributed by atoms with E-state index in [2.05, 4.69) is 26.1 Å². The van der Waals surface area contributed by atoms with Gasteiger partial charge in [-0.15, -0.1) is 10.2 Å². The molecule has 0 amide bonds. The van der Waals surface area contributed by atoms with Crippen LogP contribution in [-0.4, -0.2) is 16.5 Å². The van der Waals surface area contributed by atoms with Gasteiger partial charge in [-0.2, -0.15) is 0 Å². The lowest BCUT2D eigenvalue weighted by molar-refractivity contribution is 0.626. The molecule has 1 aromatic carbocycles. The van der Waals surface area contributed by atoms with Crippen molar-refractivity contribution in [2.24, 2.45) is 0 Å². The normalized spacial score (nSPS) is 10.8. The summed E-state index contributed by atoms with van der Waals surface area (Å²) >= 11 is 8.12. The van der Waals surface area contributed by atoms with E-state index in [-0.39, 0.29) is 5.82 Å². The van der Waals surface area contributed by atoms with Gasteiger partial charge in [0.1, 0.15) is 5.82 Å². The van der Waals surface area contributed by atoms with Crippen molar-refractivity contribution in [1.29, 1.82) is 0 Å². The van der Waals surface area contributed by atoms with Crippen LogP contribution in [0.2, 0.25) is 0 Å². The van der Waals surface area contributed by atoms with Crippen molar-refractivity contribution in [3.05, 3.63) is 34.1 Å². The highest BCUT2D eigenvalue weighted by molar-refractivity contribution is 9.10. The van der Waals surface area contributed by atoms with Crippen LogP contribution in [0.3, 0.4) is 0 Å². The first-order valence-corrected chi connectivity index (χ1v) is 8.45. The minimum atomic E-state index is -0.230. The summed E-state index contributed by atoms with van der Waals surface area (Å²) < 4.78 is 15.6. The topological polar surface area (TPSA) is 25.8 Å². The van der Waals surface area contributed by atoms with E-state index in [1.807, 2.05) is 6.26 Å². The van der Waals surface area contributed by atoms with Crippen molar-refractivity contribution in [2.75, 3.05) is 6.26 Å². The highest BCUT2D eigenvalue weighted by Crippen LogP contribution is 2.31. The van der Waals surface area contributed by atoms with Gasteiger partial charge < -0.3 is 0 Å². The highest BCUT2D eigenvalue weighted by Gasteiger charge is 2.06. The van der Waals surface area contributed by atoms with E-state index in [1.54, 1.807) is 40.9 Å². The molecule has 0 fully saturated rings. The van der Waals surface area contributed by atoms with E-state index in [9.17, 15) is 4.39 Å². The van der Waals surface area contributed by atoms with E-state index >= 15 is 0 Å². The SMILES string of the molecule is CSc1nnc(SCc2ccc(F)cc2Br)s1. The third-order valence-electron chi connectivity index (χ3n) is 1.93. The summed E-state index contributed by atoms with van der Waals surface area (Å²) in [5.74, 6) is 0.523. The molecule has 0 aliphatic heterocycles. The number of halogens is 2. The summed E-state index contributed by atoms with van der Waals surface area (Å²) in [6.45, 7) is 0. The van der Waals surface area contributed by atoms with Gasteiger partial charge in [0.25, 0.3) is 0 Å². The first-order chi connectivity index (χ1) is 8.19. The molecule has 0 radical (unpaired) electrons. The Kier molecular flexibility index (Phi) is 4.84. The van der Waals surface area contributed by atoms with Crippen LogP contribution in [0.15, 0.2) is 31.4 Å². The molecule has 7 heteroatoms. The van der Waals surface area contributed by atoms with Crippen molar-refractivity contribution in [1.82, 2.24) is 10.2 Å². The zero-order valence-corrected chi connectivity index (χ0v) is 12.8. The van der Waals surface area contributed by atoms with Crippen molar-refractivity contribution in [2.45, 2.75) is 14.4 Å². The standard InChI is InChI=1S/C10H8BrFN2S3/c1-15-9-13-14-10(17-9)16-5-6-2-3-7(12)4-8(6)11/h2-4H,5H2,1H3. The molecule has 0 N–H and O–H groups in total. The van der Waals surface area contributed by atoms with Crippen LogP contribution < -0.4 is 0 Å². The molecule has 2 aromatic rings. The molecule has 0 saturated carbocycles. The maximum Gasteiger partial charge on any atom is 0.175 e. The summed E-state index contributed by atoms with van der Waals surface area (Å²) in [4.78, 5) is 0. The Morgan fingerprint density at radius 3 is 2.76 bits per heavy atom. The fourth-order valence-electron chi connectivity index (χ4n) is 1.12. The zero-order chi connectivity index (χ0) is 12.3. The van der Waals surface area contributed by atoms with Crippen molar-refractivity contribution in [3.63, 3.8) is 0 Å². The van der Waals surface area contributed by atoms with Gasteiger partial charge in [0.2, 0.25) is 0 Å². The van der Waals surface area contributed by atoms with Crippen molar-refractivity contribution >= 4 is 50.8 Å². The minimum Gasteiger partial charge on any atom is -0.207 e. The molecule has 1 aromatic heterocycles. The lowest BCUT2D eigenvalue weighted by Gasteiger charge is -2.02. The molecule has 17 heavy (non-hydrogen) atoms. The number of hydrogen-bond acceptors (Lipinski definition) is 5. The quantitative estimate of drug-likeness (QED) is 0.760. The maximum atomic E-state index is 12.9. The van der Waals surface area contributed by atoms with Crippen LogP contribution in [0.1, 0.15) is 5.56 Å². The average Bonchev–Trinajstić information content (AvgIpc) is 2.76. The summed E-state index contributed by atoms with van der Waals surface area (Å²) in [7, 11) is 0. The molecule has 90 valence electrons. The average molecular weight is 351 g/mol. The molecule has 0 aliphatic carbocycles. The van der Waals surface area contributed by atoms with E-state index in [1.165, 1.54) is 12.1 Å². The number of benzene rings is 1. The number of nitrogens with zero attached hydrogens (tertiary/aromatic N) is 2. The molecule has 0 aliphatic rings. The Morgan fingerprint density at radius 2 is 2.12 bits per heavy atom. The molecular formula is C10H8BrFN2S3. The van der Waals surface area contributed by atoms with E-state index in [0.717, 1.165) is 24.5 Å². The molecule has 2 rings (SSSR count). The van der Waals surface area contributed by atoms with Crippen LogP contribution in [-0.2, 0) is 5.75 Å². The van der Waals surface area contributed by atoms with E-state index in [0.29, 0.717) is 0 Å². The van der Waals surface area contributed by atoms with Crippen LogP contribution in [0.5, 0.6) is 0 Å². The van der Waals surface area contributed by atoms with E-state index < -0.39 is 0 Å². The van der Waals surface area contributed by atoms with Crippen molar-refractivity contribution in [3.8, 4) is 0 Å². The Bertz CT molecular complexity index is 518. The Balaban J connectivity index is 2.02.